The van der Waals surface area contributed by atoms with Crippen molar-refractivity contribution < 1.29 is 18.9 Å². The third kappa shape index (κ3) is 3.71. The first-order chi connectivity index (χ1) is 11.8. The first-order valence-electron chi connectivity index (χ1n) is 7.82. The molecule has 0 radical (unpaired) electrons. The topological polar surface area (TPSA) is 36.9 Å². The Labute approximate surface area is 141 Å². The largest absolute Gasteiger partial charge is 0.454 e. The first kappa shape index (κ1) is 16.0. The summed E-state index contributed by atoms with van der Waals surface area (Å²) in [5.41, 5.74) is 2.34. The molecule has 0 unspecified atom stereocenters. The lowest BCUT2D eigenvalue weighted by Gasteiger charge is -1.98. The van der Waals surface area contributed by atoms with Crippen molar-refractivity contribution in [2.24, 2.45) is 0 Å². The fourth-order valence-electron chi connectivity index (χ4n) is 2.44. The molecule has 4 rings (SSSR count). The zero-order valence-corrected chi connectivity index (χ0v) is 13.7. The highest BCUT2D eigenvalue weighted by Gasteiger charge is 2.12. The van der Waals surface area contributed by atoms with Crippen LogP contribution in [-0.4, -0.2) is 13.6 Å². The summed E-state index contributed by atoms with van der Waals surface area (Å²) in [6.07, 6.45) is 6.77. The second-order valence-corrected chi connectivity index (χ2v) is 5.29. The van der Waals surface area contributed by atoms with Crippen LogP contribution in [-0.2, 0) is 6.42 Å². The number of hydrogen-bond acceptors (Lipinski definition) is 4. The van der Waals surface area contributed by atoms with E-state index in [2.05, 4.69) is 6.58 Å². The zero-order chi connectivity index (χ0) is 16.8. The summed E-state index contributed by atoms with van der Waals surface area (Å²) in [4.78, 5) is 0. The van der Waals surface area contributed by atoms with Gasteiger partial charge in [-0.2, -0.15) is 0 Å². The monoisotopic (exact) mass is 324 g/mol. The highest BCUT2D eigenvalue weighted by molar-refractivity contribution is 5.56. The quantitative estimate of drug-likeness (QED) is 0.774. The van der Waals surface area contributed by atoms with Crippen LogP contribution >= 0.6 is 0 Å². The molecule has 2 aromatic carbocycles. The predicted molar refractivity (Wildman–Crippen MR) is 93.7 cm³/mol. The summed E-state index contributed by atoms with van der Waals surface area (Å²) in [5, 5.41) is 0. The minimum absolute atomic E-state index is 0.340. The molecule has 0 amide bonds. The van der Waals surface area contributed by atoms with Crippen LogP contribution in [0.4, 0.5) is 0 Å². The molecule has 2 heterocycles. The number of allylic oxidation sites excluding steroid dienone is 2. The lowest BCUT2D eigenvalue weighted by molar-refractivity contribution is 0.173. The normalized spacial score (nSPS) is 13.5. The molecule has 0 saturated heterocycles. The van der Waals surface area contributed by atoms with Crippen molar-refractivity contribution in [2.45, 2.75) is 13.3 Å². The highest BCUT2D eigenvalue weighted by atomic mass is 16.7. The summed E-state index contributed by atoms with van der Waals surface area (Å²) in [5.74, 6) is 3.35. The van der Waals surface area contributed by atoms with Crippen molar-refractivity contribution >= 4 is 6.08 Å². The molecule has 4 nitrogen and oxygen atoms in total. The van der Waals surface area contributed by atoms with Gasteiger partial charge < -0.3 is 18.9 Å². The Hall–Kier alpha value is -2.88. The van der Waals surface area contributed by atoms with E-state index in [1.165, 1.54) is 5.56 Å². The van der Waals surface area contributed by atoms with E-state index in [4.69, 9.17) is 18.9 Å². The van der Waals surface area contributed by atoms with E-state index >= 15 is 0 Å². The number of fused-ring (bicyclic) bond motifs is 2. The summed E-state index contributed by atoms with van der Waals surface area (Å²) in [7, 11) is 0. The van der Waals surface area contributed by atoms with Gasteiger partial charge in [0.15, 0.2) is 23.0 Å². The van der Waals surface area contributed by atoms with Crippen LogP contribution in [0, 0.1) is 0 Å². The molecule has 0 bridgehead atoms. The summed E-state index contributed by atoms with van der Waals surface area (Å²) >= 11 is 0. The van der Waals surface area contributed by atoms with Gasteiger partial charge in [-0.3, -0.25) is 0 Å². The van der Waals surface area contributed by atoms with Crippen molar-refractivity contribution in [1.29, 1.82) is 0 Å². The van der Waals surface area contributed by atoms with Gasteiger partial charge in [0, 0.05) is 0 Å². The van der Waals surface area contributed by atoms with Crippen LogP contribution < -0.4 is 18.9 Å². The Morgan fingerprint density at radius 1 is 0.875 bits per heavy atom. The Balaban J connectivity index is 0.000000141. The van der Waals surface area contributed by atoms with Crippen LogP contribution in [0.25, 0.3) is 6.08 Å². The van der Waals surface area contributed by atoms with Crippen LogP contribution in [0.15, 0.2) is 55.1 Å². The van der Waals surface area contributed by atoms with Gasteiger partial charge in [-0.25, -0.2) is 0 Å². The molecule has 0 saturated carbocycles. The Morgan fingerprint density at radius 3 is 2.17 bits per heavy atom. The Kier molecular flexibility index (Phi) is 5.06. The van der Waals surface area contributed by atoms with Crippen molar-refractivity contribution in [3.63, 3.8) is 0 Å². The van der Waals surface area contributed by atoms with E-state index in [9.17, 15) is 0 Å². The van der Waals surface area contributed by atoms with Crippen LogP contribution in [0.1, 0.15) is 18.1 Å². The smallest absolute Gasteiger partial charge is 0.231 e. The fourth-order valence-corrected chi connectivity index (χ4v) is 2.44. The maximum atomic E-state index is 5.23. The molecule has 0 spiro atoms. The average Bonchev–Trinajstić information content (AvgIpc) is 3.24. The lowest BCUT2D eigenvalue weighted by atomic mass is 10.1. The Morgan fingerprint density at radius 2 is 1.50 bits per heavy atom. The van der Waals surface area contributed by atoms with Crippen molar-refractivity contribution in [3.8, 4) is 23.0 Å². The highest BCUT2D eigenvalue weighted by Crippen LogP contribution is 2.33. The van der Waals surface area contributed by atoms with E-state index in [-0.39, 0.29) is 0 Å². The van der Waals surface area contributed by atoms with Crippen molar-refractivity contribution in [3.05, 3.63) is 66.3 Å². The molecule has 0 N–H and O–H groups in total. The number of hydrogen-bond donors (Lipinski definition) is 0. The molecule has 4 heteroatoms. The number of benzene rings is 2. The first-order valence-corrected chi connectivity index (χ1v) is 7.82. The van der Waals surface area contributed by atoms with Gasteiger partial charge in [-0.1, -0.05) is 30.4 Å². The predicted octanol–water partition coefficient (Wildman–Crippen LogP) is 4.59. The van der Waals surface area contributed by atoms with Gasteiger partial charge in [-0.05, 0) is 48.7 Å². The molecule has 0 atom stereocenters. The third-order valence-electron chi connectivity index (χ3n) is 3.57. The van der Waals surface area contributed by atoms with Gasteiger partial charge in [0.25, 0.3) is 0 Å². The van der Waals surface area contributed by atoms with Crippen molar-refractivity contribution in [1.82, 2.24) is 0 Å². The minimum atomic E-state index is 0.340. The maximum absolute atomic E-state index is 5.23. The SMILES string of the molecule is C=CCc1ccc2c(c1)OCO2.CC=Cc1ccc2c(c1)OCO2. The molecule has 0 fully saturated rings. The van der Waals surface area contributed by atoms with E-state index in [1.807, 2.05) is 61.5 Å². The lowest BCUT2D eigenvalue weighted by Crippen LogP contribution is -1.92. The van der Waals surface area contributed by atoms with Gasteiger partial charge in [0.05, 0.1) is 0 Å². The molecule has 2 aromatic rings. The van der Waals surface area contributed by atoms with E-state index < -0.39 is 0 Å². The van der Waals surface area contributed by atoms with Gasteiger partial charge in [-0.15, -0.1) is 6.58 Å². The van der Waals surface area contributed by atoms with Crippen LogP contribution in [0.2, 0.25) is 0 Å². The Bertz CT molecular complexity index is 749. The van der Waals surface area contributed by atoms with E-state index in [0.29, 0.717) is 13.6 Å². The molecule has 2 aliphatic rings. The van der Waals surface area contributed by atoms with Crippen molar-refractivity contribution in [2.75, 3.05) is 13.6 Å². The van der Waals surface area contributed by atoms with Gasteiger partial charge in [0.2, 0.25) is 13.6 Å². The number of ether oxygens (including phenoxy) is 4. The number of rotatable bonds is 3. The average molecular weight is 324 g/mol. The molecule has 0 aliphatic carbocycles. The molecule has 24 heavy (non-hydrogen) atoms. The standard InChI is InChI=1S/2C10H10O2/c2*1-2-3-8-4-5-9-10(6-8)12-7-11-9/h2-6H,7H2,1H3;2,4-6H,1,3,7H2. The summed E-state index contributed by atoms with van der Waals surface area (Å²) in [6.45, 7) is 6.35. The molecule has 0 aromatic heterocycles. The summed E-state index contributed by atoms with van der Waals surface area (Å²) in [6, 6.07) is 11.9. The zero-order valence-electron chi connectivity index (χ0n) is 13.7. The molecule has 2 aliphatic heterocycles. The van der Waals surface area contributed by atoms with E-state index in [1.54, 1.807) is 0 Å². The molecule has 124 valence electrons. The maximum Gasteiger partial charge on any atom is 0.231 e. The van der Waals surface area contributed by atoms with Gasteiger partial charge in [0.1, 0.15) is 0 Å². The van der Waals surface area contributed by atoms with Crippen LogP contribution in [0.5, 0.6) is 23.0 Å². The third-order valence-corrected chi connectivity index (χ3v) is 3.57. The fraction of sp³-hybridized carbons (Fsp3) is 0.200. The molecular formula is C20H20O4. The van der Waals surface area contributed by atoms with E-state index in [0.717, 1.165) is 35.0 Å². The summed E-state index contributed by atoms with van der Waals surface area (Å²) < 4.78 is 20.8. The molecular weight excluding hydrogens is 304 g/mol. The van der Waals surface area contributed by atoms with Gasteiger partial charge >= 0.3 is 0 Å². The minimum Gasteiger partial charge on any atom is -0.454 e. The second-order valence-electron chi connectivity index (χ2n) is 5.29. The second kappa shape index (κ2) is 7.59. The van der Waals surface area contributed by atoms with Crippen LogP contribution in [0.3, 0.4) is 0 Å².